The molecule has 0 N–H and O–H groups in total. The van der Waals surface area contributed by atoms with Crippen LogP contribution in [0, 0.1) is 32.5 Å². The molecule has 0 radical (unpaired) electrons. The molecule has 0 fully saturated rings. The second-order valence-electron chi connectivity index (χ2n) is 9.34. The fraction of sp³-hybridized carbons (Fsp3) is 0.125. The topological polar surface area (TPSA) is 34.0 Å². The SMILES string of the molecule is Cc1cccc(C)c1N(C(=S)Sc1ccccc1)c1nc(Sc2ccccc2)n(-c2c(C)cccc2C)c(=S)n1. The predicted octanol–water partition coefficient (Wildman–Crippen LogP) is 9.60. The van der Waals surface area contributed by atoms with E-state index in [1.807, 2.05) is 45.9 Å². The molecule has 1 aromatic heterocycles. The molecule has 0 saturated heterocycles. The predicted molar refractivity (Wildman–Crippen MR) is 175 cm³/mol. The van der Waals surface area contributed by atoms with Gasteiger partial charge in [-0.25, -0.2) is 0 Å². The Balaban J connectivity index is 1.74. The van der Waals surface area contributed by atoms with Gasteiger partial charge in [0, 0.05) is 9.79 Å². The zero-order valence-electron chi connectivity index (χ0n) is 22.7. The highest BCUT2D eigenvalue weighted by Gasteiger charge is 2.25. The Bertz CT molecular complexity index is 1690. The average molecular weight is 597 g/mol. The van der Waals surface area contributed by atoms with Gasteiger partial charge in [0.15, 0.2) is 9.48 Å². The Labute approximate surface area is 254 Å². The Morgan fingerprint density at radius 2 is 1.20 bits per heavy atom. The molecule has 4 aromatic carbocycles. The summed E-state index contributed by atoms with van der Waals surface area (Å²) in [6, 6.07) is 32.8. The quantitative estimate of drug-likeness (QED) is 0.143. The van der Waals surface area contributed by atoms with Gasteiger partial charge in [-0.1, -0.05) is 109 Å². The zero-order chi connectivity index (χ0) is 28.2. The van der Waals surface area contributed by atoms with Crippen LogP contribution in [-0.4, -0.2) is 18.9 Å². The van der Waals surface area contributed by atoms with Crippen molar-refractivity contribution in [3.8, 4) is 5.69 Å². The number of aryl methyl sites for hydroxylation is 4. The third kappa shape index (κ3) is 6.05. The minimum atomic E-state index is 0.421. The lowest BCUT2D eigenvalue weighted by atomic mass is 10.1. The molecular weight excluding hydrogens is 569 g/mol. The molecule has 0 aliphatic rings. The number of hydrogen-bond donors (Lipinski definition) is 0. The fourth-order valence-corrected chi connectivity index (χ4v) is 6.99. The Morgan fingerprint density at radius 3 is 1.77 bits per heavy atom. The first-order valence-electron chi connectivity index (χ1n) is 12.8. The lowest BCUT2D eigenvalue weighted by Gasteiger charge is -2.27. The number of thiocarbonyl (C=S) groups is 1. The second kappa shape index (κ2) is 12.5. The van der Waals surface area contributed by atoms with E-state index in [9.17, 15) is 0 Å². The minimum Gasteiger partial charge on any atom is -0.263 e. The van der Waals surface area contributed by atoms with Crippen LogP contribution in [0.1, 0.15) is 22.3 Å². The van der Waals surface area contributed by atoms with Crippen molar-refractivity contribution in [3.63, 3.8) is 0 Å². The molecule has 5 rings (SSSR count). The van der Waals surface area contributed by atoms with E-state index in [4.69, 9.17) is 34.4 Å². The molecule has 0 spiro atoms. The molecule has 0 bridgehead atoms. The molecule has 4 nitrogen and oxygen atoms in total. The van der Waals surface area contributed by atoms with Gasteiger partial charge in [0.05, 0.1) is 11.4 Å². The summed E-state index contributed by atoms with van der Waals surface area (Å²) in [6.45, 7) is 8.34. The maximum Gasteiger partial charge on any atom is 0.240 e. The summed E-state index contributed by atoms with van der Waals surface area (Å²) >= 11 is 15.2. The molecule has 0 atom stereocenters. The first kappa shape index (κ1) is 28.2. The number of aromatic nitrogens is 3. The van der Waals surface area contributed by atoms with Crippen molar-refractivity contribution in [1.82, 2.24) is 14.5 Å². The molecule has 0 aliphatic carbocycles. The van der Waals surface area contributed by atoms with Crippen molar-refractivity contribution in [2.24, 2.45) is 0 Å². The van der Waals surface area contributed by atoms with E-state index in [2.05, 4.69) is 88.4 Å². The van der Waals surface area contributed by atoms with E-state index in [0.29, 0.717) is 15.0 Å². The normalized spacial score (nSPS) is 10.9. The highest BCUT2D eigenvalue weighted by molar-refractivity contribution is 8.23. The van der Waals surface area contributed by atoms with Crippen molar-refractivity contribution in [2.75, 3.05) is 4.90 Å². The average Bonchev–Trinajstić information content (AvgIpc) is 2.93. The van der Waals surface area contributed by atoms with E-state index in [1.165, 1.54) is 11.8 Å². The maximum absolute atomic E-state index is 6.09. The van der Waals surface area contributed by atoms with Gasteiger partial charge >= 0.3 is 0 Å². The summed E-state index contributed by atoms with van der Waals surface area (Å²) in [4.78, 5) is 14.2. The largest absolute Gasteiger partial charge is 0.263 e. The zero-order valence-corrected chi connectivity index (χ0v) is 25.9. The molecule has 200 valence electrons. The van der Waals surface area contributed by atoms with Gasteiger partial charge in [-0.3, -0.25) is 9.47 Å². The van der Waals surface area contributed by atoms with Crippen LogP contribution in [0.2, 0.25) is 0 Å². The van der Waals surface area contributed by atoms with Crippen LogP contribution in [-0.2, 0) is 0 Å². The second-order valence-corrected chi connectivity index (χ2v) is 12.4. The van der Waals surface area contributed by atoms with Crippen LogP contribution in [0.3, 0.4) is 0 Å². The highest BCUT2D eigenvalue weighted by Crippen LogP contribution is 2.37. The molecule has 0 saturated carbocycles. The third-order valence-electron chi connectivity index (χ3n) is 6.38. The molecule has 0 unspecified atom stereocenters. The lowest BCUT2D eigenvalue weighted by molar-refractivity contribution is 0.761. The van der Waals surface area contributed by atoms with Crippen molar-refractivity contribution in [3.05, 3.63) is 124 Å². The monoisotopic (exact) mass is 596 g/mol. The van der Waals surface area contributed by atoms with Crippen LogP contribution in [0.4, 0.5) is 11.6 Å². The number of benzene rings is 4. The smallest absolute Gasteiger partial charge is 0.240 e. The molecular formula is C32H28N4S4. The van der Waals surface area contributed by atoms with Gasteiger partial charge in [-0.05, 0) is 86.4 Å². The maximum atomic E-state index is 6.09. The number of para-hydroxylation sites is 2. The molecule has 0 amide bonds. The minimum absolute atomic E-state index is 0.421. The van der Waals surface area contributed by atoms with E-state index in [0.717, 1.165) is 48.6 Å². The molecule has 0 aliphatic heterocycles. The van der Waals surface area contributed by atoms with Crippen molar-refractivity contribution < 1.29 is 0 Å². The van der Waals surface area contributed by atoms with E-state index < -0.39 is 0 Å². The van der Waals surface area contributed by atoms with E-state index in [-0.39, 0.29) is 0 Å². The number of nitrogens with zero attached hydrogens (tertiary/aromatic N) is 4. The van der Waals surface area contributed by atoms with Crippen LogP contribution >= 0.6 is 48.0 Å². The summed E-state index contributed by atoms with van der Waals surface area (Å²) < 4.78 is 3.03. The fourth-order valence-electron chi connectivity index (χ4n) is 4.56. The first-order valence-corrected chi connectivity index (χ1v) is 15.2. The molecule has 1 heterocycles. The van der Waals surface area contributed by atoms with Crippen LogP contribution < -0.4 is 4.90 Å². The summed E-state index contributed by atoms with van der Waals surface area (Å²) in [7, 11) is 0. The molecule has 40 heavy (non-hydrogen) atoms. The standard InChI is InChI=1S/C32H28N4S4/c1-21-13-11-14-22(2)27(21)35(32(38)40-26-19-9-6-10-20-26)29-33-30(37)36(28-23(3)15-12-16-24(28)4)31(34-29)39-25-17-7-5-8-18-25/h5-20H,1-4H3. The van der Waals surface area contributed by atoms with Crippen LogP contribution in [0.25, 0.3) is 5.69 Å². The number of rotatable bonds is 6. The Hall–Kier alpha value is -3.30. The van der Waals surface area contributed by atoms with Crippen LogP contribution in [0.5, 0.6) is 0 Å². The van der Waals surface area contributed by atoms with Gasteiger partial charge < -0.3 is 0 Å². The summed E-state index contributed by atoms with van der Waals surface area (Å²) in [5.41, 5.74) is 6.32. The number of thioether (sulfide) groups is 1. The highest BCUT2D eigenvalue weighted by atomic mass is 32.2. The van der Waals surface area contributed by atoms with Crippen molar-refractivity contribution in [1.29, 1.82) is 0 Å². The Kier molecular flexibility index (Phi) is 8.81. The van der Waals surface area contributed by atoms with Gasteiger partial charge in [0.25, 0.3) is 0 Å². The van der Waals surface area contributed by atoms with Gasteiger partial charge in [-0.2, -0.15) is 9.97 Å². The number of anilines is 2. The summed E-state index contributed by atoms with van der Waals surface area (Å²) in [6.07, 6.45) is 0. The molecule has 8 heteroatoms. The number of hydrogen-bond acceptors (Lipinski definition) is 6. The first-order chi connectivity index (χ1) is 19.3. The third-order valence-corrected chi connectivity index (χ3v) is 8.92. The van der Waals surface area contributed by atoms with Gasteiger partial charge in [0.1, 0.15) is 0 Å². The van der Waals surface area contributed by atoms with Gasteiger partial charge in [-0.15, -0.1) is 0 Å². The summed E-state index contributed by atoms with van der Waals surface area (Å²) in [5, 5.41) is 0.724. The van der Waals surface area contributed by atoms with E-state index >= 15 is 0 Å². The van der Waals surface area contributed by atoms with Crippen molar-refractivity contribution >= 4 is 63.9 Å². The lowest BCUT2D eigenvalue weighted by Crippen LogP contribution is -2.26. The van der Waals surface area contributed by atoms with Crippen LogP contribution in [0.15, 0.2) is 112 Å². The van der Waals surface area contributed by atoms with Gasteiger partial charge in [0.2, 0.25) is 10.7 Å². The van der Waals surface area contributed by atoms with E-state index in [1.54, 1.807) is 11.8 Å². The Morgan fingerprint density at radius 1 is 0.675 bits per heavy atom. The molecule has 5 aromatic rings. The summed E-state index contributed by atoms with van der Waals surface area (Å²) in [5.74, 6) is 0.455. The van der Waals surface area contributed by atoms with Crippen molar-refractivity contribution in [2.45, 2.75) is 42.6 Å².